The van der Waals surface area contributed by atoms with Gasteiger partial charge in [-0.1, -0.05) is 6.07 Å². The van der Waals surface area contributed by atoms with Gasteiger partial charge in [0.25, 0.3) is 0 Å². The van der Waals surface area contributed by atoms with Gasteiger partial charge < -0.3 is 19.9 Å². The quantitative estimate of drug-likeness (QED) is 0.750. The fourth-order valence-corrected chi connectivity index (χ4v) is 3.71. The smallest absolute Gasteiger partial charge is 0.249 e. The molecule has 0 radical (unpaired) electrons. The van der Waals surface area contributed by atoms with Gasteiger partial charge >= 0.3 is 0 Å². The number of anilines is 2. The molecule has 0 bridgehead atoms. The molecule has 7 nitrogen and oxygen atoms in total. The van der Waals surface area contributed by atoms with Crippen LogP contribution < -0.4 is 25.2 Å². The molecule has 2 amide bonds. The summed E-state index contributed by atoms with van der Waals surface area (Å²) in [5, 5.41) is 5.81. The minimum Gasteiger partial charge on any atom is -0.487 e. The Bertz CT molecular complexity index is 657. The number of piperazine rings is 1. The Kier molecular flexibility index (Phi) is 4.02. The van der Waals surface area contributed by atoms with Gasteiger partial charge in [-0.05, 0) is 18.6 Å². The topological polar surface area (TPSA) is 73.9 Å². The van der Waals surface area contributed by atoms with Crippen LogP contribution in [-0.2, 0) is 9.59 Å². The van der Waals surface area contributed by atoms with Crippen LogP contribution in [0, 0.1) is 0 Å². The summed E-state index contributed by atoms with van der Waals surface area (Å²) in [6.45, 7) is 5.01. The Morgan fingerprint density at radius 1 is 1.08 bits per heavy atom. The van der Waals surface area contributed by atoms with Gasteiger partial charge in [0.15, 0.2) is 5.75 Å². The minimum absolute atomic E-state index is 0.181. The zero-order chi connectivity index (χ0) is 16.5. The fourth-order valence-electron chi connectivity index (χ4n) is 3.71. The zero-order valence-electron chi connectivity index (χ0n) is 13.6. The molecule has 0 unspecified atom stereocenters. The molecule has 24 heavy (non-hydrogen) atoms. The van der Waals surface area contributed by atoms with E-state index < -0.39 is 0 Å². The minimum atomic E-state index is -0.302. The van der Waals surface area contributed by atoms with Gasteiger partial charge in [-0.3, -0.25) is 14.9 Å². The molecule has 1 aromatic rings. The average Bonchev–Trinajstić information content (AvgIpc) is 2.62. The molecule has 0 aliphatic carbocycles. The maximum atomic E-state index is 12.3. The number of imide groups is 1. The fraction of sp³-hybridized carbons (Fsp3) is 0.529. The summed E-state index contributed by atoms with van der Waals surface area (Å²) in [4.78, 5) is 28.1. The highest BCUT2D eigenvalue weighted by molar-refractivity contribution is 6.02. The first-order chi connectivity index (χ1) is 11.7. The first kappa shape index (κ1) is 15.3. The average molecular weight is 330 g/mol. The number of nitrogens with one attached hydrogen (secondary N) is 2. The van der Waals surface area contributed by atoms with E-state index in [1.807, 2.05) is 12.1 Å². The molecule has 3 aliphatic heterocycles. The van der Waals surface area contributed by atoms with Crippen molar-refractivity contribution in [3.05, 3.63) is 18.2 Å². The van der Waals surface area contributed by atoms with E-state index in [-0.39, 0.29) is 17.9 Å². The van der Waals surface area contributed by atoms with Gasteiger partial charge in [0, 0.05) is 32.6 Å². The molecule has 1 atom stereocenters. The Morgan fingerprint density at radius 3 is 2.67 bits per heavy atom. The molecule has 0 saturated carbocycles. The van der Waals surface area contributed by atoms with Gasteiger partial charge in [-0.2, -0.15) is 0 Å². The third-order valence-electron chi connectivity index (χ3n) is 4.91. The molecule has 1 aromatic carbocycles. The second kappa shape index (κ2) is 6.32. The van der Waals surface area contributed by atoms with Gasteiger partial charge in [0.2, 0.25) is 11.8 Å². The maximum Gasteiger partial charge on any atom is 0.249 e. The molecule has 128 valence electrons. The Hall–Kier alpha value is -2.28. The molecular formula is C17H22N4O3. The molecule has 3 heterocycles. The highest BCUT2D eigenvalue weighted by Gasteiger charge is 2.35. The van der Waals surface area contributed by atoms with Crippen LogP contribution in [0.5, 0.6) is 5.75 Å². The maximum absolute atomic E-state index is 12.3. The summed E-state index contributed by atoms with van der Waals surface area (Å²) < 4.78 is 5.98. The first-order valence-corrected chi connectivity index (χ1v) is 8.56. The Morgan fingerprint density at radius 2 is 1.88 bits per heavy atom. The molecule has 2 fully saturated rings. The summed E-state index contributed by atoms with van der Waals surface area (Å²) in [5.74, 6) is 0.473. The number of rotatable bonds is 2. The summed E-state index contributed by atoms with van der Waals surface area (Å²) in [6, 6.07) is 5.80. The molecule has 4 rings (SSSR count). The van der Waals surface area contributed by atoms with E-state index in [9.17, 15) is 9.59 Å². The van der Waals surface area contributed by atoms with Crippen LogP contribution in [0.4, 0.5) is 11.4 Å². The van der Waals surface area contributed by atoms with E-state index >= 15 is 0 Å². The molecule has 0 aromatic heterocycles. The van der Waals surface area contributed by atoms with Crippen LogP contribution in [0.25, 0.3) is 0 Å². The second-order valence-corrected chi connectivity index (χ2v) is 6.37. The zero-order valence-corrected chi connectivity index (χ0v) is 13.6. The summed E-state index contributed by atoms with van der Waals surface area (Å²) in [5.41, 5.74) is 2.04. The first-order valence-electron chi connectivity index (χ1n) is 8.56. The standard InChI is InChI=1S/C17H22N4O3/c22-15-5-4-14(17(23)19-15)21-10-11-24-16-12(2-1-3-13(16)21)20-8-6-18-7-9-20/h1-3,14,18H,4-11H2,(H,19,22,23)/t14-/m1/s1. The number of carbonyl (C=O) groups excluding carboxylic acids is 2. The largest absolute Gasteiger partial charge is 0.487 e. The molecule has 2 saturated heterocycles. The van der Waals surface area contributed by atoms with Crippen LogP contribution in [0.15, 0.2) is 18.2 Å². The van der Waals surface area contributed by atoms with Crippen LogP contribution in [0.1, 0.15) is 12.8 Å². The highest BCUT2D eigenvalue weighted by Crippen LogP contribution is 2.41. The highest BCUT2D eigenvalue weighted by atomic mass is 16.5. The lowest BCUT2D eigenvalue weighted by atomic mass is 10.0. The van der Waals surface area contributed by atoms with Gasteiger partial charge in [0.1, 0.15) is 12.6 Å². The predicted octanol–water partition coefficient (Wildman–Crippen LogP) is 0.100. The monoisotopic (exact) mass is 330 g/mol. The number of para-hydroxylation sites is 1. The predicted molar refractivity (Wildman–Crippen MR) is 90.5 cm³/mol. The third-order valence-corrected chi connectivity index (χ3v) is 4.91. The van der Waals surface area contributed by atoms with Crippen molar-refractivity contribution in [3.63, 3.8) is 0 Å². The van der Waals surface area contributed by atoms with Crippen molar-refractivity contribution in [1.29, 1.82) is 0 Å². The lowest BCUT2D eigenvalue weighted by Crippen LogP contribution is -2.54. The number of nitrogens with zero attached hydrogens (tertiary/aromatic N) is 2. The van der Waals surface area contributed by atoms with Crippen LogP contribution in [0.2, 0.25) is 0 Å². The van der Waals surface area contributed by atoms with Crippen molar-refractivity contribution in [2.24, 2.45) is 0 Å². The van der Waals surface area contributed by atoms with E-state index in [1.165, 1.54) is 0 Å². The van der Waals surface area contributed by atoms with Crippen LogP contribution >= 0.6 is 0 Å². The number of hydrogen-bond acceptors (Lipinski definition) is 6. The second-order valence-electron chi connectivity index (χ2n) is 6.37. The van der Waals surface area contributed by atoms with E-state index in [1.54, 1.807) is 0 Å². The Labute approximate surface area is 140 Å². The number of hydrogen-bond donors (Lipinski definition) is 2. The third kappa shape index (κ3) is 2.69. The number of piperidine rings is 1. The van der Waals surface area contributed by atoms with Gasteiger partial charge in [-0.25, -0.2) is 0 Å². The number of ether oxygens (including phenoxy) is 1. The lowest BCUT2D eigenvalue weighted by molar-refractivity contribution is -0.134. The molecule has 7 heteroatoms. The SMILES string of the molecule is O=C1CC[C@@H](N2CCOc3c(N4CCNCC4)cccc32)C(=O)N1. The van der Waals surface area contributed by atoms with Crippen molar-refractivity contribution in [2.75, 3.05) is 49.1 Å². The van der Waals surface area contributed by atoms with Gasteiger partial charge in [-0.15, -0.1) is 0 Å². The van der Waals surface area contributed by atoms with Crippen molar-refractivity contribution in [2.45, 2.75) is 18.9 Å². The lowest BCUT2D eigenvalue weighted by Gasteiger charge is -2.40. The van der Waals surface area contributed by atoms with Crippen molar-refractivity contribution in [3.8, 4) is 5.75 Å². The van der Waals surface area contributed by atoms with Crippen LogP contribution in [0.3, 0.4) is 0 Å². The van der Waals surface area contributed by atoms with Crippen LogP contribution in [-0.4, -0.2) is 57.2 Å². The van der Waals surface area contributed by atoms with Gasteiger partial charge in [0.05, 0.1) is 17.9 Å². The number of amides is 2. The molecule has 3 aliphatic rings. The molecule has 0 spiro atoms. The summed E-state index contributed by atoms with van der Waals surface area (Å²) >= 11 is 0. The molecule has 2 N–H and O–H groups in total. The Balaban J connectivity index is 1.65. The number of fused-ring (bicyclic) bond motifs is 1. The normalized spacial score (nSPS) is 24.2. The summed E-state index contributed by atoms with van der Waals surface area (Å²) in [7, 11) is 0. The number of benzene rings is 1. The summed E-state index contributed by atoms with van der Waals surface area (Å²) in [6.07, 6.45) is 0.947. The van der Waals surface area contributed by atoms with Crippen molar-refractivity contribution < 1.29 is 14.3 Å². The van der Waals surface area contributed by atoms with Crippen molar-refractivity contribution >= 4 is 23.2 Å². The van der Waals surface area contributed by atoms with Crippen molar-refractivity contribution in [1.82, 2.24) is 10.6 Å². The van der Waals surface area contributed by atoms with E-state index in [0.29, 0.717) is 26.0 Å². The van der Waals surface area contributed by atoms with E-state index in [4.69, 9.17) is 4.74 Å². The van der Waals surface area contributed by atoms with E-state index in [0.717, 1.165) is 43.3 Å². The van der Waals surface area contributed by atoms with E-state index in [2.05, 4.69) is 26.5 Å². The number of carbonyl (C=O) groups is 2. The molecular weight excluding hydrogens is 308 g/mol.